The van der Waals surface area contributed by atoms with Crippen molar-refractivity contribution in [3.63, 3.8) is 0 Å². The van der Waals surface area contributed by atoms with Gasteiger partial charge in [-0.05, 0) is 137 Å². The standard InChI is InChI=1S/C70H50N6/c1-70(72-68(50-24-12-4-13-25-50)71-69(73-70)51-26-14-5-15-27-51)76-66-42-34-53(49-22-10-3-11-23-49)45-62(66)63-47-55(35-43-67(63)76)54-33-41-65-61(46-54)60-44-52(48-20-8-2-9-21-48)32-40-64(60)75(65)59-38-36-58(37-39-59)74(56-28-16-6-17-29-56)57-30-18-7-19-31-57/h2-47H,1H3,(H,71,72,73). The normalized spacial score (nSPS) is 14.4. The molecule has 0 spiro atoms. The average molecular weight is 975 g/mol. The highest BCUT2D eigenvalue weighted by atomic mass is 15.4. The Hall–Kier alpha value is -10.0. The van der Waals surface area contributed by atoms with Crippen molar-refractivity contribution in [3.8, 4) is 39.1 Å². The quantitative estimate of drug-likeness (QED) is 0.148. The zero-order valence-electron chi connectivity index (χ0n) is 41.8. The summed E-state index contributed by atoms with van der Waals surface area (Å²) in [5.74, 6) is 0.489. The summed E-state index contributed by atoms with van der Waals surface area (Å²) in [7, 11) is 0. The zero-order chi connectivity index (χ0) is 50.6. The van der Waals surface area contributed by atoms with Crippen molar-refractivity contribution in [1.82, 2.24) is 14.5 Å². The van der Waals surface area contributed by atoms with Crippen LogP contribution in [0.25, 0.3) is 82.7 Å². The minimum Gasteiger partial charge on any atom is -0.328 e. The van der Waals surface area contributed by atoms with E-state index in [2.05, 4.69) is 281 Å². The molecule has 6 nitrogen and oxygen atoms in total. The van der Waals surface area contributed by atoms with E-state index in [0.29, 0.717) is 5.84 Å². The van der Waals surface area contributed by atoms with Gasteiger partial charge in [-0.15, -0.1) is 0 Å². The van der Waals surface area contributed by atoms with Crippen LogP contribution >= 0.6 is 0 Å². The minimum atomic E-state index is -0.954. The number of para-hydroxylation sites is 2. The highest BCUT2D eigenvalue weighted by Gasteiger charge is 2.35. The zero-order valence-corrected chi connectivity index (χ0v) is 41.8. The van der Waals surface area contributed by atoms with Crippen LogP contribution in [0.15, 0.2) is 289 Å². The molecule has 76 heavy (non-hydrogen) atoms. The average Bonchev–Trinajstić information content (AvgIpc) is 4.03. The summed E-state index contributed by atoms with van der Waals surface area (Å²) in [6.45, 7) is 2.16. The number of amidine groups is 2. The van der Waals surface area contributed by atoms with Crippen LogP contribution in [0.5, 0.6) is 0 Å². The highest BCUT2D eigenvalue weighted by molar-refractivity contribution is 6.16. The van der Waals surface area contributed by atoms with Gasteiger partial charge in [0, 0.05) is 55.4 Å². The Kier molecular flexibility index (Phi) is 10.8. The molecule has 0 saturated carbocycles. The Morgan fingerprint density at radius 1 is 0.342 bits per heavy atom. The van der Waals surface area contributed by atoms with Crippen LogP contribution in [0.3, 0.4) is 0 Å². The maximum atomic E-state index is 5.50. The summed E-state index contributed by atoms with van der Waals surface area (Å²) in [5.41, 5.74) is 17.7. The van der Waals surface area contributed by atoms with E-state index in [1.165, 1.54) is 27.5 Å². The summed E-state index contributed by atoms with van der Waals surface area (Å²) in [4.78, 5) is 13.0. The molecule has 360 valence electrons. The van der Waals surface area contributed by atoms with Gasteiger partial charge < -0.3 is 14.8 Å². The number of benzene rings is 11. The molecule has 0 bridgehead atoms. The molecular weight excluding hydrogens is 925 g/mol. The second-order valence-corrected chi connectivity index (χ2v) is 19.6. The van der Waals surface area contributed by atoms with Crippen molar-refractivity contribution in [2.45, 2.75) is 12.7 Å². The number of hydrogen-bond acceptors (Lipinski definition) is 4. The lowest BCUT2D eigenvalue weighted by atomic mass is 9.98. The van der Waals surface area contributed by atoms with E-state index < -0.39 is 5.79 Å². The molecule has 13 aromatic rings. The van der Waals surface area contributed by atoms with E-state index in [9.17, 15) is 0 Å². The summed E-state index contributed by atoms with van der Waals surface area (Å²) in [6.07, 6.45) is 0. The van der Waals surface area contributed by atoms with Gasteiger partial charge in [-0.25, -0.2) is 9.98 Å². The van der Waals surface area contributed by atoms with E-state index in [0.717, 1.165) is 89.2 Å². The lowest BCUT2D eigenvalue weighted by Gasteiger charge is -2.35. The van der Waals surface area contributed by atoms with E-state index in [4.69, 9.17) is 9.98 Å². The Morgan fingerprint density at radius 2 is 0.697 bits per heavy atom. The Balaban J connectivity index is 0.938. The topological polar surface area (TPSA) is 49.9 Å². The summed E-state index contributed by atoms with van der Waals surface area (Å²) in [5, 5.41) is 8.51. The number of nitrogens with one attached hydrogen (secondary N) is 1. The van der Waals surface area contributed by atoms with E-state index >= 15 is 0 Å². The first-order chi connectivity index (χ1) is 37.5. The predicted octanol–water partition coefficient (Wildman–Crippen LogP) is 17.5. The van der Waals surface area contributed by atoms with Gasteiger partial charge in [0.15, 0.2) is 5.84 Å². The summed E-state index contributed by atoms with van der Waals surface area (Å²) < 4.78 is 4.78. The van der Waals surface area contributed by atoms with Gasteiger partial charge in [0.25, 0.3) is 0 Å². The molecule has 1 aliphatic rings. The Labute approximate surface area is 441 Å². The van der Waals surface area contributed by atoms with Crippen molar-refractivity contribution < 1.29 is 0 Å². The lowest BCUT2D eigenvalue weighted by Crippen LogP contribution is -2.50. The first-order valence-electron chi connectivity index (χ1n) is 25.9. The molecule has 0 fully saturated rings. The molecule has 0 radical (unpaired) electrons. The number of aliphatic imine (C=N–C) groups is 2. The second kappa shape index (κ2) is 18.5. The van der Waals surface area contributed by atoms with Crippen LogP contribution in [-0.2, 0) is 5.79 Å². The van der Waals surface area contributed by atoms with Gasteiger partial charge in [-0.3, -0.25) is 4.57 Å². The van der Waals surface area contributed by atoms with Gasteiger partial charge in [-0.1, -0.05) is 182 Å². The first kappa shape index (κ1) is 44.6. The van der Waals surface area contributed by atoms with Crippen molar-refractivity contribution in [3.05, 3.63) is 290 Å². The molecule has 1 N–H and O–H groups in total. The second-order valence-electron chi connectivity index (χ2n) is 19.6. The third-order valence-corrected chi connectivity index (χ3v) is 14.9. The van der Waals surface area contributed by atoms with Gasteiger partial charge in [0.2, 0.25) is 5.79 Å². The molecule has 0 saturated heterocycles. The first-order valence-corrected chi connectivity index (χ1v) is 25.9. The third kappa shape index (κ3) is 7.83. The van der Waals surface area contributed by atoms with E-state index in [-0.39, 0.29) is 0 Å². The minimum absolute atomic E-state index is 0.674. The van der Waals surface area contributed by atoms with Gasteiger partial charge in [-0.2, -0.15) is 0 Å². The smallest absolute Gasteiger partial charge is 0.212 e. The third-order valence-electron chi connectivity index (χ3n) is 14.9. The lowest BCUT2D eigenvalue weighted by molar-refractivity contribution is 0.322. The van der Waals surface area contributed by atoms with Crippen LogP contribution in [0.2, 0.25) is 0 Å². The fraction of sp³-hybridized carbons (Fsp3) is 0.0286. The molecule has 1 unspecified atom stereocenters. The largest absolute Gasteiger partial charge is 0.328 e. The number of aromatic nitrogens is 2. The molecule has 1 aliphatic heterocycles. The maximum Gasteiger partial charge on any atom is 0.212 e. The molecule has 0 aliphatic carbocycles. The highest BCUT2D eigenvalue weighted by Crippen LogP contribution is 2.43. The Morgan fingerprint density at radius 3 is 1.14 bits per heavy atom. The van der Waals surface area contributed by atoms with Crippen LogP contribution in [0, 0.1) is 0 Å². The molecule has 6 heteroatoms. The summed E-state index contributed by atoms with van der Waals surface area (Å²) >= 11 is 0. The maximum absolute atomic E-state index is 5.50. The van der Waals surface area contributed by atoms with Crippen LogP contribution in [0.1, 0.15) is 18.1 Å². The number of rotatable bonds is 10. The molecule has 14 rings (SSSR count). The van der Waals surface area contributed by atoms with Crippen molar-refractivity contribution in [1.29, 1.82) is 0 Å². The van der Waals surface area contributed by atoms with Crippen molar-refractivity contribution >= 4 is 72.3 Å². The van der Waals surface area contributed by atoms with Gasteiger partial charge in [0.05, 0.1) is 22.1 Å². The number of fused-ring (bicyclic) bond motifs is 6. The molecule has 2 aromatic heterocycles. The van der Waals surface area contributed by atoms with E-state index in [1.807, 2.05) is 24.3 Å². The fourth-order valence-corrected chi connectivity index (χ4v) is 11.3. The molecule has 11 aromatic carbocycles. The van der Waals surface area contributed by atoms with Crippen LogP contribution in [-0.4, -0.2) is 20.8 Å². The van der Waals surface area contributed by atoms with Crippen molar-refractivity contribution in [2.24, 2.45) is 9.98 Å². The molecule has 3 heterocycles. The predicted molar refractivity (Wildman–Crippen MR) is 318 cm³/mol. The van der Waals surface area contributed by atoms with Crippen molar-refractivity contribution in [2.75, 3.05) is 4.90 Å². The Bertz CT molecular complexity index is 4300. The van der Waals surface area contributed by atoms with Crippen LogP contribution < -0.4 is 10.2 Å². The van der Waals surface area contributed by atoms with E-state index in [1.54, 1.807) is 0 Å². The van der Waals surface area contributed by atoms with Gasteiger partial charge in [0.1, 0.15) is 5.84 Å². The monoisotopic (exact) mass is 974 g/mol. The fourth-order valence-electron chi connectivity index (χ4n) is 11.3. The van der Waals surface area contributed by atoms with Crippen LogP contribution in [0.4, 0.5) is 17.1 Å². The SMILES string of the molecule is CC1(n2c3ccc(-c4ccccc4)cc3c3cc(-c4ccc5c(c4)c4cc(-c6ccccc6)ccc4n5-c4ccc(N(c5ccccc5)c5ccccc5)cc4)ccc32)N=C(c2ccccc2)N=C(c2ccccc2)N1. The molecule has 0 amide bonds. The summed E-state index contributed by atoms with van der Waals surface area (Å²) in [6, 6.07) is 99.8. The van der Waals surface area contributed by atoms with Gasteiger partial charge >= 0.3 is 0 Å². The molecule has 1 atom stereocenters. The number of hydrogen-bond donors (Lipinski definition) is 1. The molecular formula is C70H50N6. The number of nitrogens with zero attached hydrogens (tertiary/aromatic N) is 5. The number of anilines is 3.